The minimum absolute atomic E-state index is 0.00603. The summed E-state index contributed by atoms with van der Waals surface area (Å²) in [6.07, 6.45) is 0.630. The number of hydrogen-bond donors (Lipinski definition) is 2. The summed E-state index contributed by atoms with van der Waals surface area (Å²) < 4.78 is 21.0. The molecule has 2 rings (SSSR count). The Hall–Kier alpha value is -2.94. The van der Waals surface area contributed by atoms with Crippen LogP contribution < -0.4 is 26.6 Å². The van der Waals surface area contributed by atoms with Gasteiger partial charge in [0.25, 0.3) is 5.56 Å². The third kappa shape index (κ3) is 4.73. The number of nitrogen functional groups attached to an aromatic ring is 1. The first-order valence-electron chi connectivity index (χ1n) is 9.53. The number of hydrogen-bond acceptors (Lipinski definition) is 5. The Morgan fingerprint density at radius 1 is 1.28 bits per heavy atom. The molecule has 0 aliphatic rings. The summed E-state index contributed by atoms with van der Waals surface area (Å²) in [7, 11) is 2.72. The van der Waals surface area contributed by atoms with Crippen molar-refractivity contribution in [3.8, 4) is 5.75 Å². The van der Waals surface area contributed by atoms with Crippen molar-refractivity contribution in [2.45, 2.75) is 33.4 Å². The minimum atomic E-state index is -0.698. The molecule has 8 nitrogen and oxygen atoms in total. The van der Waals surface area contributed by atoms with E-state index in [1.165, 1.54) is 30.9 Å². The lowest BCUT2D eigenvalue weighted by Crippen LogP contribution is -3.11. The van der Waals surface area contributed by atoms with Crippen LogP contribution in [0.1, 0.15) is 36.2 Å². The lowest BCUT2D eigenvalue weighted by Gasteiger charge is -2.19. The van der Waals surface area contributed by atoms with Crippen LogP contribution in [-0.4, -0.2) is 35.1 Å². The molecule has 9 heteroatoms. The lowest BCUT2D eigenvalue weighted by molar-refractivity contribution is -0.903. The van der Waals surface area contributed by atoms with Crippen LogP contribution in [0.15, 0.2) is 27.8 Å². The smallest absolute Gasteiger partial charge is 0.332 e. The monoisotopic (exact) mass is 407 g/mol. The highest BCUT2D eigenvalue weighted by atomic mass is 19.1. The summed E-state index contributed by atoms with van der Waals surface area (Å²) in [4.78, 5) is 38.5. The highest BCUT2D eigenvalue weighted by molar-refractivity contribution is 6.00. The van der Waals surface area contributed by atoms with Crippen LogP contribution >= 0.6 is 0 Å². The molecule has 0 amide bonds. The van der Waals surface area contributed by atoms with Crippen LogP contribution in [0.4, 0.5) is 10.2 Å². The van der Waals surface area contributed by atoms with E-state index in [0.717, 1.165) is 9.47 Å². The van der Waals surface area contributed by atoms with Crippen molar-refractivity contribution in [3.63, 3.8) is 0 Å². The molecule has 2 aromatic rings. The Morgan fingerprint density at radius 3 is 2.52 bits per heavy atom. The highest BCUT2D eigenvalue weighted by Gasteiger charge is 2.24. The van der Waals surface area contributed by atoms with Crippen molar-refractivity contribution >= 4 is 11.6 Å². The number of aromatic nitrogens is 2. The molecule has 1 aromatic carbocycles. The molecular formula is C20H28FN4O4+. The summed E-state index contributed by atoms with van der Waals surface area (Å²) in [6, 6.07) is 4.64. The molecule has 0 saturated heterocycles. The van der Waals surface area contributed by atoms with Gasteiger partial charge in [0, 0.05) is 19.2 Å². The maximum absolute atomic E-state index is 13.9. The van der Waals surface area contributed by atoms with E-state index >= 15 is 0 Å². The number of nitrogens with zero attached hydrogens (tertiary/aromatic N) is 2. The van der Waals surface area contributed by atoms with Gasteiger partial charge in [0.1, 0.15) is 24.5 Å². The van der Waals surface area contributed by atoms with E-state index in [9.17, 15) is 18.8 Å². The number of carbonyl (C=O) groups excluding carboxylic acids is 1. The van der Waals surface area contributed by atoms with Gasteiger partial charge in [-0.1, -0.05) is 6.92 Å². The second-order valence-corrected chi connectivity index (χ2v) is 6.91. The van der Waals surface area contributed by atoms with Gasteiger partial charge in [0.2, 0.25) is 5.78 Å². The van der Waals surface area contributed by atoms with E-state index in [2.05, 4.69) is 0 Å². The average Bonchev–Trinajstić information content (AvgIpc) is 2.69. The number of Topliss-reactive ketones (excluding diaryl/α,β-unsaturated/α-hetero) is 1. The number of likely N-dealkylation sites (N-methyl/N-ethyl adjacent to an activating group) is 1. The third-order valence-electron chi connectivity index (χ3n) is 4.89. The first kappa shape index (κ1) is 22.4. The van der Waals surface area contributed by atoms with Gasteiger partial charge in [-0.2, -0.15) is 0 Å². The maximum atomic E-state index is 13.9. The zero-order chi connectivity index (χ0) is 21.7. The number of methoxy groups -OCH3 is 1. The fourth-order valence-electron chi connectivity index (χ4n) is 3.22. The predicted octanol–water partition coefficient (Wildman–Crippen LogP) is -0.0254. The summed E-state index contributed by atoms with van der Waals surface area (Å²) in [6.45, 7) is 5.03. The van der Waals surface area contributed by atoms with Crippen LogP contribution in [0.3, 0.4) is 0 Å². The number of nitrogens with one attached hydrogen (secondary N) is 1. The molecule has 158 valence electrons. The molecule has 0 aliphatic carbocycles. The predicted molar refractivity (Wildman–Crippen MR) is 108 cm³/mol. The molecule has 1 aromatic heterocycles. The van der Waals surface area contributed by atoms with E-state index in [1.807, 2.05) is 13.8 Å². The Labute approximate surface area is 168 Å². The number of halogens is 1. The van der Waals surface area contributed by atoms with E-state index in [0.29, 0.717) is 31.6 Å². The van der Waals surface area contributed by atoms with Gasteiger partial charge in [-0.15, -0.1) is 0 Å². The molecule has 0 aliphatic heterocycles. The molecule has 1 unspecified atom stereocenters. The quantitative estimate of drug-likeness (QED) is 0.569. The topological polar surface area (TPSA) is 101 Å². The standard InChI is InChI=1S/C20H27FN4O4/c1-5-9-25-18(22)17(19(27)23(3)20(25)28)15(26)12-24(6-2)11-13-7-8-16(29-4)14(21)10-13/h7-8,10H,5-6,9,11-12,22H2,1-4H3/p+1. The van der Waals surface area contributed by atoms with Crippen molar-refractivity contribution in [1.29, 1.82) is 0 Å². The molecule has 0 saturated carbocycles. The van der Waals surface area contributed by atoms with Crippen LogP contribution in [0.5, 0.6) is 5.75 Å². The van der Waals surface area contributed by atoms with E-state index in [1.54, 1.807) is 6.07 Å². The molecule has 0 bridgehead atoms. The molecule has 0 radical (unpaired) electrons. The number of nitrogens with two attached hydrogens (primary N) is 1. The number of quaternary nitrogens is 1. The van der Waals surface area contributed by atoms with Gasteiger partial charge in [-0.05, 0) is 31.5 Å². The second kappa shape index (κ2) is 9.51. The largest absolute Gasteiger partial charge is 0.494 e. The molecule has 0 fully saturated rings. The molecule has 29 heavy (non-hydrogen) atoms. The van der Waals surface area contributed by atoms with Gasteiger partial charge < -0.3 is 15.4 Å². The summed E-state index contributed by atoms with van der Waals surface area (Å²) >= 11 is 0. The number of rotatable bonds is 9. The van der Waals surface area contributed by atoms with Gasteiger partial charge in [-0.25, -0.2) is 9.18 Å². The Balaban J connectivity index is 2.31. The van der Waals surface area contributed by atoms with Crippen molar-refractivity contribution in [2.75, 3.05) is 25.9 Å². The fraction of sp³-hybridized carbons (Fsp3) is 0.450. The number of benzene rings is 1. The average molecular weight is 407 g/mol. The lowest BCUT2D eigenvalue weighted by atomic mass is 10.1. The minimum Gasteiger partial charge on any atom is -0.494 e. The van der Waals surface area contributed by atoms with E-state index < -0.39 is 22.8 Å². The van der Waals surface area contributed by atoms with Gasteiger partial charge >= 0.3 is 5.69 Å². The van der Waals surface area contributed by atoms with Gasteiger partial charge in [-0.3, -0.25) is 18.7 Å². The Morgan fingerprint density at radius 2 is 1.97 bits per heavy atom. The SMILES string of the molecule is CCCn1c(N)c(C(=O)C[NH+](CC)Cc2ccc(OC)c(F)c2)c(=O)n(C)c1=O. The van der Waals surface area contributed by atoms with E-state index in [4.69, 9.17) is 10.5 Å². The summed E-state index contributed by atoms with van der Waals surface area (Å²) in [5.41, 5.74) is 5.30. The highest BCUT2D eigenvalue weighted by Crippen LogP contribution is 2.17. The fourth-order valence-corrected chi connectivity index (χ4v) is 3.22. The summed E-state index contributed by atoms with van der Waals surface area (Å²) in [5, 5.41) is 0. The zero-order valence-corrected chi connectivity index (χ0v) is 17.3. The number of ether oxygens (including phenoxy) is 1. The van der Waals surface area contributed by atoms with Crippen molar-refractivity contribution < 1.29 is 18.8 Å². The second-order valence-electron chi connectivity index (χ2n) is 6.91. The Bertz CT molecular complexity index is 1010. The van der Waals surface area contributed by atoms with Crippen LogP contribution in [0, 0.1) is 5.82 Å². The van der Waals surface area contributed by atoms with Crippen LogP contribution in [-0.2, 0) is 20.1 Å². The van der Waals surface area contributed by atoms with Crippen molar-refractivity contribution in [2.24, 2.45) is 7.05 Å². The third-order valence-corrected chi connectivity index (χ3v) is 4.89. The maximum Gasteiger partial charge on any atom is 0.332 e. The number of ketones is 1. The van der Waals surface area contributed by atoms with Gasteiger partial charge in [0.05, 0.1) is 13.7 Å². The van der Waals surface area contributed by atoms with Crippen molar-refractivity contribution in [1.82, 2.24) is 9.13 Å². The van der Waals surface area contributed by atoms with E-state index in [-0.39, 0.29) is 23.7 Å². The molecule has 0 spiro atoms. The first-order chi connectivity index (χ1) is 13.7. The first-order valence-corrected chi connectivity index (χ1v) is 9.53. The van der Waals surface area contributed by atoms with Gasteiger partial charge in [0.15, 0.2) is 11.6 Å². The van der Waals surface area contributed by atoms with Crippen molar-refractivity contribution in [3.05, 3.63) is 56.0 Å². The molecule has 3 N–H and O–H groups in total. The van der Waals surface area contributed by atoms with Crippen LogP contribution in [0.25, 0.3) is 0 Å². The van der Waals surface area contributed by atoms with Crippen LogP contribution in [0.2, 0.25) is 0 Å². The number of carbonyl (C=O) groups is 1. The number of anilines is 1. The molecule has 1 heterocycles. The molecule has 1 atom stereocenters. The molecular weight excluding hydrogens is 379 g/mol. The summed E-state index contributed by atoms with van der Waals surface area (Å²) in [5.74, 6) is -0.872. The Kier molecular flexibility index (Phi) is 7.33. The normalized spacial score (nSPS) is 12.0. The zero-order valence-electron chi connectivity index (χ0n) is 17.3.